The molecule has 0 aliphatic carbocycles. The fourth-order valence-corrected chi connectivity index (χ4v) is 14.1. The summed E-state index contributed by atoms with van der Waals surface area (Å²) in [7, 11) is 3.68. The zero-order chi connectivity index (χ0) is 62.3. The first-order chi connectivity index (χ1) is 41.0. The summed E-state index contributed by atoms with van der Waals surface area (Å²) >= 11 is -1.34. The molecule has 35 atom stereocenters. The van der Waals surface area contributed by atoms with Crippen molar-refractivity contribution >= 4 is 30.2 Å². The van der Waals surface area contributed by atoms with Crippen molar-refractivity contribution < 1.29 is 168 Å². The van der Waals surface area contributed by atoms with Crippen molar-refractivity contribution in [2.45, 2.75) is 219 Å². The van der Waals surface area contributed by atoms with Gasteiger partial charge in [0, 0.05) is 0 Å². The summed E-state index contributed by atoms with van der Waals surface area (Å²) in [5.74, 6) is 0. The first-order valence-electron chi connectivity index (χ1n) is 27.7. The molecular formula is C50H79NO34Te. The number of ether oxygens (including phenoxy) is 14. The number of rotatable bonds is 10. The number of hydrogen-bond donors (Lipinski definition) is 20. The molecule has 21 heterocycles. The predicted molar refractivity (Wildman–Crippen MR) is 272 cm³/mol. The summed E-state index contributed by atoms with van der Waals surface area (Å²) in [6.07, 6.45) is -68.8. The van der Waals surface area contributed by atoms with E-state index < -0.39 is 276 Å². The summed E-state index contributed by atoms with van der Waals surface area (Å²) in [6, 6.07) is 7.41. The normalized spacial score (nSPS) is 50.7. The topological polar surface area (TPSA) is 537 Å². The SMILES string of the molecule is CN(C)c1ccc([Te]C[C@H]2O[C@@H]3O[C@H]4[C@H](O)[C@@H](O)[C@@H](O[C@H]5[C@H](O)[C@@H](O)[C@@H](O[C@H]6[C@H](O)[C@@H](O)[C@@H](O[C@H]7[C@@H](O)[C@H](O)[C@@H](O[C@H]8[C@@H](O)[C@H](O)[C@@H](O[C@H]9[C@@H](O)[C@@H](O)[C@@H](O[C@H]2[C@H](O)[C@H]3O)O[C@@H]9CO)O[C@@H]8CO)O[C@@H]7CO)O[C@@H]6CO)O[C@@H]5CO)O[C@@H]4CO)cc1. The van der Waals surface area contributed by atoms with Crippen LogP contribution in [-0.2, 0) is 66.3 Å². The Hall–Kier alpha value is -1.55. The predicted octanol–water partition coefficient (Wildman–Crippen LogP) is -13.7. The van der Waals surface area contributed by atoms with Gasteiger partial charge < -0.3 is 84.6 Å². The quantitative estimate of drug-likeness (QED) is 0.0967. The van der Waals surface area contributed by atoms with Crippen molar-refractivity contribution in [3.63, 3.8) is 0 Å². The van der Waals surface area contributed by atoms with Gasteiger partial charge in [-0.25, -0.2) is 0 Å². The van der Waals surface area contributed by atoms with E-state index >= 15 is 0 Å². The van der Waals surface area contributed by atoms with Gasteiger partial charge in [0.1, 0.15) is 61.0 Å². The van der Waals surface area contributed by atoms with Crippen LogP contribution in [0.3, 0.4) is 0 Å². The maximum atomic E-state index is 11.9. The van der Waals surface area contributed by atoms with Gasteiger partial charge in [0.25, 0.3) is 0 Å². The molecule has 0 unspecified atom stereocenters. The van der Waals surface area contributed by atoms with Crippen molar-refractivity contribution in [2.24, 2.45) is 0 Å². The molecule has 0 saturated carbocycles. The Morgan fingerprint density at radius 1 is 0.279 bits per heavy atom. The third-order valence-corrected chi connectivity index (χ3v) is 19.5. The minimum absolute atomic E-state index is 0.0568. The van der Waals surface area contributed by atoms with Crippen LogP contribution >= 0.6 is 0 Å². The molecule has 36 heteroatoms. The van der Waals surface area contributed by atoms with E-state index in [0.717, 1.165) is 9.30 Å². The number of anilines is 1. The molecule has 494 valence electrons. The second kappa shape index (κ2) is 29.6. The molecule has 22 rings (SSSR count). The van der Waals surface area contributed by atoms with Crippen LogP contribution in [0.15, 0.2) is 24.3 Å². The van der Waals surface area contributed by atoms with Gasteiger partial charge >= 0.3 is 310 Å². The summed E-state index contributed by atoms with van der Waals surface area (Å²) in [6.45, 7) is -6.17. The Bertz CT molecular complexity index is 2240. The molecule has 20 N–H and O–H groups in total. The van der Waals surface area contributed by atoms with Gasteiger partial charge in [-0.2, -0.15) is 0 Å². The Balaban J connectivity index is 1.02. The molecule has 0 amide bonds. The van der Waals surface area contributed by atoms with Gasteiger partial charge in [-0.1, -0.05) is 0 Å². The van der Waals surface area contributed by atoms with Crippen molar-refractivity contribution in [3.8, 4) is 0 Å². The van der Waals surface area contributed by atoms with Crippen molar-refractivity contribution in [1.29, 1.82) is 0 Å². The molecule has 14 bridgehead atoms. The molecule has 21 fully saturated rings. The Kier molecular flexibility index (Phi) is 23.7. The van der Waals surface area contributed by atoms with Crippen LogP contribution in [0.25, 0.3) is 0 Å². The molecule has 35 nitrogen and oxygen atoms in total. The van der Waals surface area contributed by atoms with E-state index in [1.54, 1.807) is 0 Å². The monoisotopic (exact) mass is 1370 g/mol. The Morgan fingerprint density at radius 2 is 0.465 bits per heavy atom. The number of hydrogen-bond acceptors (Lipinski definition) is 35. The molecular weight excluding hydrogens is 1290 g/mol. The number of aliphatic hydroxyl groups excluding tert-OH is 20. The van der Waals surface area contributed by atoms with Gasteiger partial charge in [0.2, 0.25) is 0 Å². The van der Waals surface area contributed by atoms with Crippen LogP contribution in [-0.4, -0.2) is 392 Å². The van der Waals surface area contributed by atoms with Crippen molar-refractivity contribution in [2.75, 3.05) is 58.6 Å². The minimum atomic E-state index is -2.20. The molecule has 1 aromatic carbocycles. The Labute approximate surface area is 499 Å². The molecule has 86 heavy (non-hydrogen) atoms. The van der Waals surface area contributed by atoms with Crippen LogP contribution < -0.4 is 8.51 Å². The maximum absolute atomic E-state index is 11.9. The Morgan fingerprint density at radius 3 is 0.651 bits per heavy atom. The fourth-order valence-electron chi connectivity index (χ4n) is 11.4. The van der Waals surface area contributed by atoms with E-state index in [4.69, 9.17) is 66.3 Å². The number of nitrogens with zero attached hydrogens (tertiary/aromatic N) is 1. The molecule has 0 radical (unpaired) electrons. The van der Waals surface area contributed by atoms with E-state index in [1.165, 1.54) is 0 Å². The van der Waals surface area contributed by atoms with Gasteiger partial charge in [0.15, 0.2) is 18.9 Å². The van der Waals surface area contributed by atoms with E-state index in [2.05, 4.69) is 0 Å². The molecule has 0 aromatic heterocycles. The van der Waals surface area contributed by atoms with Gasteiger partial charge in [-0.3, -0.25) is 0 Å². The standard InChI is InChI=1S/C50H79NO34Te/c1-51(2)14-3-5-15(6-4-14)86-13-22-43-29(64)36(71)50(78-22)84-42-21(12-57)76-48(34(69)27(42)62)82-40-19(10-55)74-46(32(67)25(40)60)80-38-17(8-53)72-44(30(65)23(38)58)79-37-16(7-52)73-45(31(66)24(37)59)81-39-18(9-54)75-47(33(68)26(39)61)83-41-20(11-56)77-49(85-43)35(70)28(41)63/h3-6,16-50,52-71H,7-13H2,1-2H3/t16-,17-,18-,19-,20-,21-,22-,23-,24+,25-,26+,27-,28+,29-,30-,31+,32-,33+,34-,35-,36-,37-,38-,39-,40-,41-,42-,43-,44-,45-,46-,47-,48-,49-,50-/m1/s1. The second-order valence-corrected chi connectivity index (χ2v) is 25.3. The van der Waals surface area contributed by atoms with Gasteiger partial charge in [-0.05, 0) is 0 Å². The first kappa shape index (κ1) is 68.8. The van der Waals surface area contributed by atoms with Crippen LogP contribution in [0.1, 0.15) is 0 Å². The summed E-state index contributed by atoms with van der Waals surface area (Å²) in [5.41, 5.74) is 0.871. The second-order valence-electron chi connectivity index (χ2n) is 22.2. The molecule has 21 saturated heterocycles. The van der Waals surface area contributed by atoms with Crippen molar-refractivity contribution in [3.05, 3.63) is 24.3 Å². The van der Waals surface area contributed by atoms with Gasteiger partial charge in [-0.15, -0.1) is 0 Å². The van der Waals surface area contributed by atoms with Crippen molar-refractivity contribution in [1.82, 2.24) is 0 Å². The van der Waals surface area contributed by atoms with E-state index in [0.29, 0.717) is 0 Å². The summed E-state index contributed by atoms with van der Waals surface area (Å²) in [5, 5.41) is 224. The molecule has 21 aliphatic rings. The number of benzene rings is 1. The number of aliphatic hydroxyl groups is 20. The van der Waals surface area contributed by atoms with Crippen LogP contribution in [0.5, 0.6) is 0 Å². The summed E-state index contributed by atoms with van der Waals surface area (Å²) in [4.78, 5) is 1.87. The zero-order valence-corrected chi connectivity index (χ0v) is 48.3. The van der Waals surface area contributed by atoms with Crippen LogP contribution in [0.2, 0.25) is 4.47 Å². The van der Waals surface area contributed by atoms with Crippen LogP contribution in [0.4, 0.5) is 5.69 Å². The average molecular weight is 1370 g/mol. The third-order valence-electron chi connectivity index (χ3n) is 16.4. The third kappa shape index (κ3) is 14.0. The first-order valence-corrected chi connectivity index (χ1v) is 30.5. The van der Waals surface area contributed by atoms with E-state index in [9.17, 15) is 102 Å². The molecule has 1 aromatic rings. The molecule has 0 spiro atoms. The van der Waals surface area contributed by atoms with Crippen LogP contribution in [0, 0.1) is 0 Å². The average Bonchev–Trinajstić information content (AvgIpc) is 2.53. The zero-order valence-electron chi connectivity index (χ0n) is 46.0. The fraction of sp³-hybridized carbons (Fsp3) is 0.880. The van der Waals surface area contributed by atoms with E-state index in [1.807, 2.05) is 43.3 Å². The molecule has 21 aliphatic heterocycles. The van der Waals surface area contributed by atoms with Gasteiger partial charge in [0.05, 0.1) is 26.4 Å². The summed E-state index contributed by atoms with van der Waals surface area (Å²) < 4.78 is 82.8. The van der Waals surface area contributed by atoms with E-state index in [-0.39, 0.29) is 4.47 Å².